The van der Waals surface area contributed by atoms with Crippen LogP contribution >= 0.6 is 11.3 Å². The minimum atomic E-state index is -3.47. The summed E-state index contributed by atoms with van der Waals surface area (Å²) in [6.07, 6.45) is 2.99. The van der Waals surface area contributed by atoms with Crippen molar-refractivity contribution in [2.75, 3.05) is 27.2 Å². The molecule has 1 aliphatic rings. The lowest BCUT2D eigenvalue weighted by Gasteiger charge is -2.25. The maximum atomic E-state index is 12.8. The van der Waals surface area contributed by atoms with E-state index in [1.807, 2.05) is 0 Å². The zero-order chi connectivity index (χ0) is 21.7. The molecule has 0 N–H and O–H groups in total. The van der Waals surface area contributed by atoms with Gasteiger partial charge in [-0.1, -0.05) is 18.6 Å². The van der Waals surface area contributed by atoms with Crippen LogP contribution in [0.3, 0.4) is 0 Å². The van der Waals surface area contributed by atoms with Crippen molar-refractivity contribution >= 4 is 33.2 Å². The Bertz CT molecular complexity index is 993. The Hall–Kier alpha value is -2.23. The van der Waals surface area contributed by atoms with Crippen molar-refractivity contribution in [1.82, 2.24) is 9.21 Å². The number of hydrogen-bond donors (Lipinski definition) is 0. The molecule has 9 heteroatoms. The Labute approximate surface area is 181 Å². The number of piperidine rings is 1. The van der Waals surface area contributed by atoms with Crippen molar-refractivity contribution in [2.45, 2.75) is 36.4 Å². The second kappa shape index (κ2) is 9.72. The summed E-state index contributed by atoms with van der Waals surface area (Å²) in [5, 5.41) is 0. The zero-order valence-electron chi connectivity index (χ0n) is 17.2. The Kier molecular flexibility index (Phi) is 7.27. The molecule has 2 aromatic rings. The maximum Gasteiger partial charge on any atom is 0.337 e. The van der Waals surface area contributed by atoms with E-state index >= 15 is 0 Å². The Morgan fingerprint density at radius 3 is 2.37 bits per heavy atom. The monoisotopic (exact) mass is 450 g/mol. The Morgan fingerprint density at radius 1 is 1.07 bits per heavy atom. The molecule has 3 rings (SSSR count). The molecule has 1 saturated heterocycles. The third-order valence-corrected chi connectivity index (χ3v) is 8.54. The fourth-order valence-corrected chi connectivity index (χ4v) is 6.35. The van der Waals surface area contributed by atoms with E-state index < -0.39 is 16.0 Å². The number of nitrogens with zero attached hydrogens (tertiary/aromatic N) is 2. The number of hydrogen-bond acceptors (Lipinski definition) is 6. The smallest absolute Gasteiger partial charge is 0.337 e. The number of rotatable bonds is 7. The van der Waals surface area contributed by atoms with Gasteiger partial charge in [0, 0.05) is 31.6 Å². The molecule has 0 radical (unpaired) electrons. The molecule has 0 unspecified atom stereocenters. The summed E-state index contributed by atoms with van der Waals surface area (Å²) in [6, 6.07) is 10.2. The van der Waals surface area contributed by atoms with Gasteiger partial charge in [-0.05, 0) is 42.7 Å². The first-order valence-corrected chi connectivity index (χ1v) is 12.1. The van der Waals surface area contributed by atoms with Crippen LogP contribution in [0.5, 0.6) is 0 Å². The molecule has 7 nitrogen and oxygen atoms in total. The average Bonchev–Trinajstić information content (AvgIpc) is 3.23. The summed E-state index contributed by atoms with van der Waals surface area (Å²) in [4.78, 5) is 26.4. The van der Waals surface area contributed by atoms with Crippen LogP contribution < -0.4 is 0 Å². The highest BCUT2D eigenvalue weighted by atomic mass is 32.2. The molecular formula is C21H26N2O5S2. The van der Waals surface area contributed by atoms with Gasteiger partial charge in [0.25, 0.3) is 10.0 Å². The maximum absolute atomic E-state index is 12.8. The molecule has 1 amide bonds. The second-order valence-electron chi connectivity index (χ2n) is 7.30. The van der Waals surface area contributed by atoms with Gasteiger partial charge in [-0.25, -0.2) is 13.2 Å². The van der Waals surface area contributed by atoms with Crippen molar-refractivity contribution in [1.29, 1.82) is 0 Å². The number of ether oxygens (including phenoxy) is 1. The number of carbonyl (C=O) groups excluding carboxylic acids is 2. The lowest BCUT2D eigenvalue weighted by Crippen LogP contribution is -2.35. The fraction of sp³-hybridized carbons (Fsp3) is 0.429. The summed E-state index contributed by atoms with van der Waals surface area (Å²) in [6.45, 7) is 1.52. The minimum absolute atomic E-state index is 0.101. The lowest BCUT2D eigenvalue weighted by molar-refractivity contribution is -0.129. The zero-order valence-corrected chi connectivity index (χ0v) is 18.8. The van der Waals surface area contributed by atoms with Crippen molar-refractivity contribution in [3.8, 4) is 0 Å². The van der Waals surface area contributed by atoms with E-state index in [9.17, 15) is 18.0 Å². The largest absolute Gasteiger partial charge is 0.465 e. The van der Waals surface area contributed by atoms with Gasteiger partial charge in [0.15, 0.2) is 0 Å². The highest BCUT2D eigenvalue weighted by Gasteiger charge is 2.27. The predicted molar refractivity (Wildman–Crippen MR) is 115 cm³/mol. The first kappa shape index (κ1) is 22.5. The molecule has 1 aromatic heterocycles. The molecule has 0 saturated carbocycles. The van der Waals surface area contributed by atoms with Crippen LogP contribution in [0.25, 0.3) is 0 Å². The second-order valence-corrected chi connectivity index (χ2v) is 10.6. The summed E-state index contributed by atoms with van der Waals surface area (Å²) >= 11 is 1.16. The molecule has 0 atom stereocenters. The van der Waals surface area contributed by atoms with E-state index in [4.69, 9.17) is 0 Å². The molecular weight excluding hydrogens is 424 g/mol. The molecule has 2 heterocycles. The number of benzene rings is 1. The molecule has 1 aliphatic heterocycles. The van der Waals surface area contributed by atoms with E-state index in [1.54, 1.807) is 48.3 Å². The molecule has 1 aromatic carbocycles. The van der Waals surface area contributed by atoms with E-state index in [2.05, 4.69) is 4.74 Å². The number of thiophene rings is 1. The normalized spacial score (nSPS) is 15.0. The summed E-state index contributed by atoms with van der Waals surface area (Å²) in [7, 11) is -0.436. The predicted octanol–water partition coefficient (Wildman–Crippen LogP) is 2.91. The quantitative estimate of drug-likeness (QED) is 0.606. The summed E-state index contributed by atoms with van der Waals surface area (Å²) < 4.78 is 32.1. The Morgan fingerprint density at radius 2 is 1.73 bits per heavy atom. The van der Waals surface area contributed by atoms with Crippen LogP contribution in [0.15, 0.2) is 40.6 Å². The molecule has 1 fully saturated rings. The number of likely N-dealkylation sites (N-methyl/N-ethyl adjacent to an activating group) is 1. The van der Waals surface area contributed by atoms with Gasteiger partial charge in [-0.3, -0.25) is 4.79 Å². The van der Waals surface area contributed by atoms with E-state index in [0.29, 0.717) is 29.4 Å². The third kappa shape index (κ3) is 5.27. The average molecular weight is 451 g/mol. The first-order valence-electron chi connectivity index (χ1n) is 9.81. The lowest BCUT2D eigenvalue weighted by atomic mass is 10.1. The van der Waals surface area contributed by atoms with Gasteiger partial charge in [-0.2, -0.15) is 4.31 Å². The van der Waals surface area contributed by atoms with Gasteiger partial charge < -0.3 is 9.64 Å². The summed E-state index contributed by atoms with van der Waals surface area (Å²) in [5.74, 6) is -0.505. The van der Waals surface area contributed by atoms with Gasteiger partial charge in [0.05, 0.1) is 19.1 Å². The fourth-order valence-electron chi connectivity index (χ4n) is 3.33. The van der Waals surface area contributed by atoms with E-state index in [1.165, 1.54) is 11.4 Å². The first-order chi connectivity index (χ1) is 14.3. The standard InChI is InChI=1S/C21H26N2O5S2/c1-22(15-16-6-8-17(9-7-16)21(25)28-2)19(24)14-18-10-11-20(29-18)30(26,27)23-12-4-3-5-13-23/h6-11H,3-5,12-15H2,1-2H3. The van der Waals surface area contributed by atoms with E-state index in [0.717, 1.165) is 41.0 Å². The van der Waals surface area contributed by atoms with Crippen LogP contribution in [0.1, 0.15) is 40.1 Å². The van der Waals surface area contributed by atoms with E-state index in [-0.39, 0.29) is 12.3 Å². The number of methoxy groups -OCH3 is 1. The van der Waals surface area contributed by atoms with Crippen molar-refractivity contribution < 1.29 is 22.7 Å². The number of esters is 1. The number of carbonyl (C=O) groups is 2. The van der Waals surface area contributed by atoms with Crippen molar-refractivity contribution in [2.24, 2.45) is 0 Å². The number of sulfonamides is 1. The molecule has 0 spiro atoms. The highest BCUT2D eigenvalue weighted by Crippen LogP contribution is 2.27. The van der Waals surface area contributed by atoms with Crippen LogP contribution in [-0.2, 0) is 32.5 Å². The van der Waals surface area contributed by atoms with Gasteiger partial charge in [-0.15, -0.1) is 11.3 Å². The van der Waals surface area contributed by atoms with Gasteiger partial charge >= 0.3 is 5.97 Å². The Balaban J connectivity index is 1.60. The number of amides is 1. The summed E-state index contributed by atoms with van der Waals surface area (Å²) in [5.41, 5.74) is 1.34. The SMILES string of the molecule is COC(=O)c1ccc(CN(C)C(=O)Cc2ccc(S(=O)(=O)N3CCCCC3)s2)cc1. The van der Waals surface area contributed by atoms with Crippen LogP contribution in [0, 0.1) is 0 Å². The van der Waals surface area contributed by atoms with Crippen LogP contribution in [0.4, 0.5) is 0 Å². The molecule has 0 aliphatic carbocycles. The topological polar surface area (TPSA) is 84.0 Å². The van der Waals surface area contributed by atoms with Crippen LogP contribution in [-0.4, -0.2) is 56.7 Å². The van der Waals surface area contributed by atoms with Gasteiger partial charge in [0.1, 0.15) is 4.21 Å². The van der Waals surface area contributed by atoms with Gasteiger partial charge in [0.2, 0.25) is 5.91 Å². The van der Waals surface area contributed by atoms with Crippen molar-refractivity contribution in [3.05, 3.63) is 52.4 Å². The molecule has 162 valence electrons. The molecule has 0 bridgehead atoms. The molecule has 30 heavy (non-hydrogen) atoms. The van der Waals surface area contributed by atoms with Crippen LogP contribution in [0.2, 0.25) is 0 Å². The minimum Gasteiger partial charge on any atom is -0.465 e. The van der Waals surface area contributed by atoms with Crippen molar-refractivity contribution in [3.63, 3.8) is 0 Å². The highest BCUT2D eigenvalue weighted by molar-refractivity contribution is 7.91. The third-order valence-electron chi connectivity index (χ3n) is 5.09.